The predicted molar refractivity (Wildman–Crippen MR) is 139 cm³/mol. The highest BCUT2D eigenvalue weighted by Crippen LogP contribution is 2.23. The highest BCUT2D eigenvalue weighted by Gasteiger charge is 2.35. The summed E-state index contributed by atoms with van der Waals surface area (Å²) >= 11 is 0. The number of hydrogen-bond donors (Lipinski definition) is 1. The first-order valence-corrected chi connectivity index (χ1v) is 12.1. The normalized spacial score (nSPS) is 17.6. The summed E-state index contributed by atoms with van der Waals surface area (Å²) in [7, 11) is 1.75. The molecule has 4 aromatic rings. The number of amides is 2. The van der Waals surface area contributed by atoms with Crippen LogP contribution in [0.3, 0.4) is 0 Å². The lowest BCUT2D eigenvalue weighted by molar-refractivity contribution is -0.117. The number of carbonyl (C=O) groups is 2. The van der Waals surface area contributed by atoms with E-state index in [0.29, 0.717) is 36.7 Å². The number of anilines is 1. The third-order valence-corrected chi connectivity index (χ3v) is 6.74. The van der Waals surface area contributed by atoms with E-state index in [-0.39, 0.29) is 23.4 Å². The summed E-state index contributed by atoms with van der Waals surface area (Å²) in [5, 5.41) is 7.65. The first-order chi connectivity index (χ1) is 17.9. The summed E-state index contributed by atoms with van der Waals surface area (Å²) in [6.07, 6.45) is 5.34. The molecule has 0 spiro atoms. The molecule has 1 N–H and O–H groups in total. The zero-order valence-corrected chi connectivity index (χ0v) is 20.9. The van der Waals surface area contributed by atoms with Crippen molar-refractivity contribution in [3.05, 3.63) is 76.5 Å². The second-order valence-electron chi connectivity index (χ2n) is 9.03. The summed E-state index contributed by atoms with van der Waals surface area (Å²) < 4.78 is 4.84. The molecule has 11 heteroatoms. The fourth-order valence-electron chi connectivity index (χ4n) is 4.63. The molecule has 1 aliphatic heterocycles. The minimum absolute atomic E-state index is 0.0862. The molecular formula is C26H28N8O3. The van der Waals surface area contributed by atoms with E-state index in [2.05, 4.69) is 20.4 Å². The van der Waals surface area contributed by atoms with Crippen molar-refractivity contribution in [1.82, 2.24) is 29.3 Å². The molecular weight excluding hydrogens is 472 g/mol. The van der Waals surface area contributed by atoms with Gasteiger partial charge in [-0.2, -0.15) is 0 Å². The van der Waals surface area contributed by atoms with Crippen molar-refractivity contribution < 1.29 is 9.59 Å². The van der Waals surface area contributed by atoms with Gasteiger partial charge in [-0.3, -0.25) is 19.1 Å². The minimum atomic E-state index is -0.460. The van der Waals surface area contributed by atoms with Crippen LogP contribution in [0.25, 0.3) is 11.3 Å². The summed E-state index contributed by atoms with van der Waals surface area (Å²) in [6.45, 7) is 4.44. The lowest BCUT2D eigenvalue weighted by Crippen LogP contribution is -2.43. The molecule has 0 aliphatic carbocycles. The molecule has 1 aliphatic rings. The van der Waals surface area contributed by atoms with Crippen molar-refractivity contribution in [3.63, 3.8) is 0 Å². The lowest BCUT2D eigenvalue weighted by atomic mass is 10.0. The van der Waals surface area contributed by atoms with Crippen molar-refractivity contribution in [2.45, 2.75) is 26.3 Å². The molecule has 1 fully saturated rings. The maximum absolute atomic E-state index is 13.5. The Morgan fingerprint density at radius 1 is 1.16 bits per heavy atom. The molecule has 4 heterocycles. The molecule has 2 amide bonds. The monoisotopic (exact) mass is 500 g/mol. The van der Waals surface area contributed by atoms with Crippen LogP contribution in [0, 0.1) is 12.8 Å². The van der Waals surface area contributed by atoms with E-state index in [0.717, 1.165) is 5.65 Å². The third-order valence-electron chi connectivity index (χ3n) is 6.74. The molecule has 1 unspecified atom stereocenters. The Morgan fingerprint density at radius 3 is 2.70 bits per heavy atom. The number of benzene rings is 1. The number of nitrogens with one attached hydrogen (secondary N) is 1. The van der Waals surface area contributed by atoms with Gasteiger partial charge in [-0.05, 0) is 31.2 Å². The van der Waals surface area contributed by atoms with Gasteiger partial charge in [0.25, 0.3) is 11.5 Å². The van der Waals surface area contributed by atoms with Crippen molar-refractivity contribution in [1.29, 1.82) is 0 Å². The average molecular weight is 501 g/mol. The summed E-state index contributed by atoms with van der Waals surface area (Å²) in [4.78, 5) is 49.0. The molecule has 1 saturated heterocycles. The number of carbonyl (C=O) groups excluding carboxylic acids is 2. The lowest BCUT2D eigenvalue weighted by Gasteiger charge is -2.18. The molecule has 5 rings (SSSR count). The van der Waals surface area contributed by atoms with E-state index in [1.165, 1.54) is 4.68 Å². The van der Waals surface area contributed by atoms with E-state index in [4.69, 9.17) is 0 Å². The maximum Gasteiger partial charge on any atom is 0.284 e. The Kier molecular flexibility index (Phi) is 6.43. The quantitative estimate of drug-likeness (QED) is 0.403. The minimum Gasteiger partial charge on any atom is -0.352 e. The van der Waals surface area contributed by atoms with Crippen molar-refractivity contribution in [3.8, 4) is 5.69 Å². The number of nitrogens with zero attached hydrogens (tertiary/aromatic N) is 7. The summed E-state index contributed by atoms with van der Waals surface area (Å²) in [5.74, 6) is -0.228. The Hall–Kier alpha value is -4.54. The van der Waals surface area contributed by atoms with Crippen LogP contribution < -0.4 is 15.8 Å². The molecule has 0 bridgehead atoms. The molecule has 0 radical (unpaired) electrons. The number of hydrogen-bond acceptors (Lipinski definition) is 6. The van der Waals surface area contributed by atoms with Crippen molar-refractivity contribution >= 4 is 29.5 Å². The van der Waals surface area contributed by atoms with Gasteiger partial charge in [0.05, 0.1) is 17.4 Å². The average Bonchev–Trinajstić information content (AvgIpc) is 3.59. The van der Waals surface area contributed by atoms with Gasteiger partial charge < -0.3 is 10.2 Å². The van der Waals surface area contributed by atoms with Crippen molar-refractivity contribution in [2.75, 3.05) is 18.0 Å². The molecule has 2 atom stereocenters. The van der Waals surface area contributed by atoms with Crippen LogP contribution in [-0.2, 0) is 11.8 Å². The number of fused-ring (bicyclic) bond motifs is 1. The van der Waals surface area contributed by atoms with Crippen LogP contribution in [0.5, 0.6) is 0 Å². The molecule has 190 valence electrons. The van der Waals surface area contributed by atoms with Gasteiger partial charge in [0.15, 0.2) is 5.65 Å². The van der Waals surface area contributed by atoms with E-state index in [1.54, 1.807) is 48.7 Å². The van der Waals surface area contributed by atoms with Crippen LogP contribution >= 0.6 is 0 Å². The number of para-hydroxylation sites is 1. The second kappa shape index (κ2) is 9.84. The Labute approximate surface area is 213 Å². The maximum atomic E-state index is 13.5. The van der Waals surface area contributed by atoms with Crippen LogP contribution in [0.2, 0.25) is 0 Å². The van der Waals surface area contributed by atoms with Gasteiger partial charge >= 0.3 is 0 Å². The highest BCUT2D eigenvalue weighted by molar-refractivity contribution is 5.96. The first kappa shape index (κ1) is 24.2. The Morgan fingerprint density at radius 2 is 1.95 bits per heavy atom. The zero-order chi connectivity index (χ0) is 26.1. The van der Waals surface area contributed by atoms with E-state index >= 15 is 0 Å². The van der Waals surface area contributed by atoms with Crippen LogP contribution in [0.1, 0.15) is 29.4 Å². The molecule has 37 heavy (non-hydrogen) atoms. The van der Waals surface area contributed by atoms with Gasteiger partial charge in [0.1, 0.15) is 11.4 Å². The zero-order valence-electron chi connectivity index (χ0n) is 20.9. The highest BCUT2D eigenvalue weighted by atomic mass is 16.2. The van der Waals surface area contributed by atoms with Crippen LogP contribution in [-0.4, -0.2) is 61.1 Å². The molecule has 11 nitrogen and oxygen atoms in total. The third kappa shape index (κ3) is 4.55. The van der Waals surface area contributed by atoms with Crippen LogP contribution in [0.15, 0.2) is 64.6 Å². The van der Waals surface area contributed by atoms with Gasteiger partial charge in [-0.15, -0.1) is 5.10 Å². The predicted octanol–water partition coefficient (Wildman–Crippen LogP) is 1.77. The Bertz CT molecular complexity index is 1550. The van der Waals surface area contributed by atoms with Gasteiger partial charge in [-0.1, -0.05) is 25.1 Å². The van der Waals surface area contributed by atoms with E-state index < -0.39 is 11.5 Å². The summed E-state index contributed by atoms with van der Waals surface area (Å²) in [5.41, 5.74) is 1.65. The topological polar surface area (TPSA) is 119 Å². The van der Waals surface area contributed by atoms with Gasteiger partial charge in [0, 0.05) is 51.1 Å². The number of aromatic nitrogens is 5. The van der Waals surface area contributed by atoms with Gasteiger partial charge in [0.2, 0.25) is 5.91 Å². The largest absolute Gasteiger partial charge is 0.352 e. The molecule has 1 aromatic carbocycles. The fraction of sp³-hybridized carbons (Fsp3) is 0.308. The smallest absolute Gasteiger partial charge is 0.284 e. The number of aliphatic imine (C=N–C) groups is 1. The van der Waals surface area contributed by atoms with Crippen LogP contribution in [0.4, 0.5) is 5.82 Å². The molecule has 0 saturated carbocycles. The van der Waals surface area contributed by atoms with Crippen molar-refractivity contribution in [2.24, 2.45) is 18.0 Å². The fourth-order valence-corrected chi connectivity index (χ4v) is 4.63. The number of rotatable bonds is 6. The van der Waals surface area contributed by atoms with E-state index in [9.17, 15) is 14.4 Å². The molecule has 3 aromatic heterocycles. The first-order valence-electron chi connectivity index (χ1n) is 12.1. The SMILES string of the molecule is CCC(=O)N=CC1CN(c2ccc3nccn3n2)C[C@H]1NC(=O)c1c(C)n(C)n(-c2ccccc2)c1=O. The van der Waals surface area contributed by atoms with Gasteiger partial charge in [-0.25, -0.2) is 19.2 Å². The second-order valence-corrected chi connectivity index (χ2v) is 9.03. The van der Waals surface area contributed by atoms with E-state index in [1.807, 2.05) is 47.4 Å². The Balaban J connectivity index is 1.44. The summed E-state index contributed by atoms with van der Waals surface area (Å²) in [6, 6.07) is 12.5. The number of imidazole rings is 1. The standard InChI is InChI=1S/C26H28N8O3/c1-4-23(35)28-14-18-15-32(22-11-10-21-27-12-13-33(21)30-22)16-20(18)29-25(36)24-17(2)31(3)34(26(24)37)19-8-6-5-7-9-19/h5-14,18,20H,4,15-16H2,1-3H3,(H,29,36)/t18?,20-/m1/s1.